The molecule has 0 bridgehead atoms. The van der Waals surface area contributed by atoms with E-state index in [1.807, 2.05) is 48.1 Å². The highest BCUT2D eigenvalue weighted by molar-refractivity contribution is 5.77. The van der Waals surface area contributed by atoms with Crippen molar-refractivity contribution in [1.82, 2.24) is 29.1 Å². The van der Waals surface area contributed by atoms with Crippen molar-refractivity contribution in [3.63, 3.8) is 0 Å². The third-order valence-electron chi connectivity index (χ3n) is 3.58. The SMILES string of the molecule is Cc1nn(C)c2c1nc(N)n2Cc1cnn(C)c1C. The summed E-state index contributed by atoms with van der Waals surface area (Å²) in [6, 6.07) is 0. The minimum absolute atomic E-state index is 0.509. The van der Waals surface area contributed by atoms with E-state index in [2.05, 4.69) is 15.2 Å². The summed E-state index contributed by atoms with van der Waals surface area (Å²) in [5.41, 5.74) is 11.0. The van der Waals surface area contributed by atoms with E-state index in [9.17, 15) is 0 Å². The normalized spacial score (nSPS) is 11.6. The molecule has 0 aromatic carbocycles. The number of aromatic nitrogens is 6. The highest BCUT2D eigenvalue weighted by Gasteiger charge is 2.17. The monoisotopic (exact) mass is 259 g/mol. The predicted octanol–water partition coefficient (Wildman–Crippen LogP) is 0.751. The number of nitrogen functional groups attached to an aromatic ring is 1. The van der Waals surface area contributed by atoms with Crippen LogP contribution in [0.3, 0.4) is 0 Å². The second-order valence-corrected chi connectivity index (χ2v) is 4.82. The van der Waals surface area contributed by atoms with E-state index < -0.39 is 0 Å². The van der Waals surface area contributed by atoms with Gasteiger partial charge in [0.05, 0.1) is 18.4 Å². The van der Waals surface area contributed by atoms with Crippen LogP contribution < -0.4 is 5.73 Å². The molecule has 3 aromatic rings. The molecule has 2 N–H and O–H groups in total. The lowest BCUT2D eigenvalue weighted by molar-refractivity contribution is 0.716. The van der Waals surface area contributed by atoms with Crippen molar-refractivity contribution in [2.75, 3.05) is 5.73 Å². The highest BCUT2D eigenvalue weighted by atomic mass is 15.3. The molecule has 3 heterocycles. The number of hydrogen-bond donors (Lipinski definition) is 1. The van der Waals surface area contributed by atoms with Gasteiger partial charge in [0.25, 0.3) is 0 Å². The maximum Gasteiger partial charge on any atom is 0.202 e. The third kappa shape index (κ3) is 1.61. The van der Waals surface area contributed by atoms with E-state index in [0.717, 1.165) is 28.1 Å². The first kappa shape index (κ1) is 11.8. The Morgan fingerprint density at radius 1 is 1.21 bits per heavy atom. The summed E-state index contributed by atoms with van der Waals surface area (Å²) >= 11 is 0. The van der Waals surface area contributed by atoms with Gasteiger partial charge in [-0.2, -0.15) is 10.2 Å². The first-order chi connectivity index (χ1) is 8.99. The molecule has 0 fully saturated rings. The Kier molecular flexibility index (Phi) is 2.38. The molecule has 7 nitrogen and oxygen atoms in total. The van der Waals surface area contributed by atoms with Gasteiger partial charge < -0.3 is 5.73 Å². The van der Waals surface area contributed by atoms with Crippen LogP contribution in [0.25, 0.3) is 11.2 Å². The third-order valence-corrected chi connectivity index (χ3v) is 3.58. The fourth-order valence-corrected chi connectivity index (χ4v) is 2.38. The fourth-order valence-electron chi connectivity index (χ4n) is 2.38. The number of imidazole rings is 1. The number of hydrogen-bond acceptors (Lipinski definition) is 4. The average molecular weight is 259 g/mol. The lowest BCUT2D eigenvalue weighted by Gasteiger charge is -2.06. The van der Waals surface area contributed by atoms with Crippen LogP contribution in [0.4, 0.5) is 5.95 Å². The standard InChI is InChI=1S/C12H17N7/c1-7-10-11(18(4)16-7)19(12(13)15-10)6-9-5-14-17(3)8(9)2/h5H,6H2,1-4H3,(H2,13,15). The van der Waals surface area contributed by atoms with Crippen LogP contribution >= 0.6 is 0 Å². The van der Waals surface area contributed by atoms with Crippen LogP contribution in [-0.2, 0) is 20.6 Å². The molecular weight excluding hydrogens is 242 g/mol. The largest absolute Gasteiger partial charge is 0.369 e. The zero-order valence-corrected chi connectivity index (χ0v) is 11.5. The molecule has 0 saturated heterocycles. The number of aryl methyl sites for hydroxylation is 3. The van der Waals surface area contributed by atoms with Gasteiger partial charge in [-0.05, 0) is 13.8 Å². The minimum atomic E-state index is 0.509. The van der Waals surface area contributed by atoms with Crippen molar-refractivity contribution in [2.45, 2.75) is 20.4 Å². The number of anilines is 1. The zero-order chi connectivity index (χ0) is 13.7. The van der Waals surface area contributed by atoms with Crippen molar-refractivity contribution >= 4 is 17.1 Å². The van der Waals surface area contributed by atoms with Gasteiger partial charge >= 0.3 is 0 Å². The number of nitrogens with two attached hydrogens (primary N) is 1. The van der Waals surface area contributed by atoms with E-state index in [-0.39, 0.29) is 0 Å². The molecule has 0 aliphatic heterocycles. The van der Waals surface area contributed by atoms with E-state index in [1.54, 1.807) is 0 Å². The van der Waals surface area contributed by atoms with Gasteiger partial charge in [-0.25, -0.2) is 4.98 Å². The maximum atomic E-state index is 6.02. The quantitative estimate of drug-likeness (QED) is 0.736. The van der Waals surface area contributed by atoms with Crippen molar-refractivity contribution < 1.29 is 0 Å². The highest BCUT2D eigenvalue weighted by Crippen LogP contribution is 2.22. The molecule has 0 atom stereocenters. The Morgan fingerprint density at radius 3 is 2.58 bits per heavy atom. The molecule has 0 radical (unpaired) electrons. The van der Waals surface area contributed by atoms with Gasteiger partial charge in [0.15, 0.2) is 5.65 Å². The van der Waals surface area contributed by atoms with E-state index >= 15 is 0 Å². The molecule has 0 amide bonds. The lowest BCUT2D eigenvalue weighted by Crippen LogP contribution is -2.08. The van der Waals surface area contributed by atoms with E-state index in [1.165, 1.54) is 0 Å². The predicted molar refractivity (Wildman–Crippen MR) is 72.7 cm³/mol. The smallest absolute Gasteiger partial charge is 0.202 e. The van der Waals surface area contributed by atoms with Crippen molar-refractivity contribution in [3.05, 3.63) is 23.1 Å². The molecule has 0 saturated carbocycles. The molecule has 3 aromatic heterocycles. The summed E-state index contributed by atoms with van der Waals surface area (Å²) < 4.78 is 5.65. The van der Waals surface area contributed by atoms with E-state index in [4.69, 9.17) is 5.73 Å². The summed E-state index contributed by atoms with van der Waals surface area (Å²) in [5.74, 6) is 0.509. The van der Waals surface area contributed by atoms with E-state index in [0.29, 0.717) is 12.5 Å². The maximum absolute atomic E-state index is 6.02. The fraction of sp³-hybridized carbons (Fsp3) is 0.417. The van der Waals surface area contributed by atoms with Crippen molar-refractivity contribution in [3.8, 4) is 0 Å². The first-order valence-electron chi connectivity index (χ1n) is 6.12. The molecule has 0 aliphatic rings. The first-order valence-corrected chi connectivity index (χ1v) is 6.12. The van der Waals surface area contributed by atoms with Crippen molar-refractivity contribution in [1.29, 1.82) is 0 Å². The van der Waals surface area contributed by atoms with Gasteiger partial charge in [0, 0.05) is 25.4 Å². The molecule has 3 rings (SSSR count). The topological polar surface area (TPSA) is 79.5 Å². The van der Waals surface area contributed by atoms with Gasteiger partial charge in [-0.1, -0.05) is 0 Å². The lowest BCUT2D eigenvalue weighted by atomic mass is 10.2. The number of fused-ring (bicyclic) bond motifs is 1. The molecule has 19 heavy (non-hydrogen) atoms. The Balaban J connectivity index is 2.15. The van der Waals surface area contributed by atoms with Crippen LogP contribution in [-0.4, -0.2) is 29.1 Å². The second-order valence-electron chi connectivity index (χ2n) is 4.82. The van der Waals surface area contributed by atoms with Gasteiger partial charge in [0.1, 0.15) is 5.52 Å². The Morgan fingerprint density at radius 2 is 1.95 bits per heavy atom. The average Bonchev–Trinajstić information content (AvgIpc) is 2.93. The van der Waals surface area contributed by atoms with Gasteiger partial charge in [-0.3, -0.25) is 13.9 Å². The van der Waals surface area contributed by atoms with Crippen molar-refractivity contribution in [2.24, 2.45) is 14.1 Å². The van der Waals surface area contributed by atoms with Gasteiger partial charge in [-0.15, -0.1) is 0 Å². The van der Waals surface area contributed by atoms with Crippen LogP contribution in [0.5, 0.6) is 0 Å². The Bertz CT molecular complexity index is 759. The number of nitrogens with zero attached hydrogens (tertiary/aromatic N) is 6. The summed E-state index contributed by atoms with van der Waals surface area (Å²) in [6.45, 7) is 4.64. The molecule has 7 heteroatoms. The zero-order valence-electron chi connectivity index (χ0n) is 11.5. The Hall–Kier alpha value is -2.31. The second kappa shape index (κ2) is 3.84. The van der Waals surface area contributed by atoms with Crippen LogP contribution in [0.1, 0.15) is 17.0 Å². The minimum Gasteiger partial charge on any atom is -0.369 e. The molecule has 0 spiro atoms. The molecule has 0 unspecified atom stereocenters. The molecular formula is C12H17N7. The summed E-state index contributed by atoms with van der Waals surface area (Å²) in [5, 5.41) is 8.63. The molecule has 0 aliphatic carbocycles. The van der Waals surface area contributed by atoms with Crippen LogP contribution in [0.2, 0.25) is 0 Å². The molecule has 100 valence electrons. The van der Waals surface area contributed by atoms with Gasteiger partial charge in [0.2, 0.25) is 5.95 Å². The Labute approximate surface area is 110 Å². The summed E-state index contributed by atoms with van der Waals surface area (Å²) in [4.78, 5) is 4.40. The number of rotatable bonds is 2. The van der Waals surface area contributed by atoms with Crippen LogP contribution in [0, 0.1) is 13.8 Å². The summed E-state index contributed by atoms with van der Waals surface area (Å²) in [6.07, 6.45) is 1.86. The van der Waals surface area contributed by atoms with Crippen LogP contribution in [0.15, 0.2) is 6.20 Å². The summed E-state index contributed by atoms with van der Waals surface area (Å²) in [7, 11) is 3.84.